The van der Waals surface area contributed by atoms with Crippen LogP contribution in [0.1, 0.15) is 24.5 Å². The highest BCUT2D eigenvalue weighted by atomic mass is 19.4. The van der Waals surface area contributed by atoms with Crippen molar-refractivity contribution in [1.82, 2.24) is 14.5 Å². The first kappa shape index (κ1) is 20.3. The highest BCUT2D eigenvalue weighted by molar-refractivity contribution is 5.80. The van der Waals surface area contributed by atoms with Gasteiger partial charge in [-0.15, -0.1) is 0 Å². The molecule has 0 N–H and O–H groups in total. The smallest absolute Gasteiger partial charge is 0.293 e. The van der Waals surface area contributed by atoms with Crippen LogP contribution in [0.25, 0.3) is 16.6 Å². The summed E-state index contributed by atoms with van der Waals surface area (Å²) in [6.45, 7) is 2.68. The monoisotopic (exact) mass is 415 g/mol. The molecule has 30 heavy (non-hydrogen) atoms. The molecule has 0 fully saturated rings. The van der Waals surface area contributed by atoms with E-state index in [1.807, 2.05) is 31.5 Å². The Morgan fingerprint density at radius 1 is 1.17 bits per heavy atom. The molecule has 1 atom stereocenters. The summed E-state index contributed by atoms with van der Waals surface area (Å²) in [5, 5.41) is 4.32. The molecule has 0 radical (unpaired) electrons. The molecule has 0 aliphatic heterocycles. The fourth-order valence-electron chi connectivity index (χ4n) is 3.62. The fraction of sp³-hybridized carbons (Fsp3) is 0.261. The molecule has 7 heteroatoms. The second kappa shape index (κ2) is 7.40. The van der Waals surface area contributed by atoms with Crippen molar-refractivity contribution in [3.63, 3.8) is 0 Å². The summed E-state index contributed by atoms with van der Waals surface area (Å²) < 4.78 is 53.6. The van der Waals surface area contributed by atoms with Crippen LogP contribution < -0.4 is 0 Å². The summed E-state index contributed by atoms with van der Waals surface area (Å²) in [6.07, 6.45) is 4.65. The van der Waals surface area contributed by atoms with Crippen molar-refractivity contribution in [3.05, 3.63) is 84.0 Å². The Kier molecular flexibility index (Phi) is 5.02. The minimum Gasteiger partial charge on any atom is -0.293 e. The van der Waals surface area contributed by atoms with E-state index in [0.717, 1.165) is 28.8 Å². The van der Waals surface area contributed by atoms with E-state index in [-0.39, 0.29) is 11.4 Å². The zero-order valence-electron chi connectivity index (χ0n) is 16.6. The molecule has 0 spiro atoms. The predicted molar refractivity (Wildman–Crippen MR) is 108 cm³/mol. The molecule has 1 aliphatic rings. The summed E-state index contributed by atoms with van der Waals surface area (Å²) in [4.78, 5) is 2.15. The lowest BCUT2D eigenvalue weighted by Crippen LogP contribution is -2.42. The molecule has 0 bridgehead atoms. The molecule has 2 aromatic heterocycles. The number of halogens is 4. The van der Waals surface area contributed by atoms with Crippen LogP contribution >= 0.6 is 0 Å². The van der Waals surface area contributed by atoms with Gasteiger partial charge in [0.25, 0.3) is 0 Å². The maximum Gasteiger partial charge on any atom is 0.416 e. The number of rotatable bonds is 4. The molecular weight excluding hydrogens is 394 g/mol. The normalized spacial score (nSPS) is 19.5. The van der Waals surface area contributed by atoms with Crippen LogP contribution in [0.4, 0.5) is 17.6 Å². The largest absolute Gasteiger partial charge is 0.416 e. The molecule has 3 aromatic rings. The summed E-state index contributed by atoms with van der Waals surface area (Å²) in [5.74, 6) is -0.220. The van der Waals surface area contributed by atoms with E-state index in [9.17, 15) is 17.6 Å². The molecule has 1 aliphatic carbocycles. The number of benzene rings is 1. The number of likely N-dealkylation sites (N-methyl/N-ethyl adjacent to an activating group) is 1. The standard InChI is InChI=1S/C23H21F4N3/c1-22(10-7-19(24)8-11-22)29(2)15-16-9-12-30-21(13-16)20(14-28-30)17-3-5-18(6-4-17)23(25,26)27/h3-10,12-14H,11,15H2,1-2H3. The Balaban J connectivity index is 1.61. The first-order valence-corrected chi connectivity index (χ1v) is 9.56. The summed E-state index contributed by atoms with van der Waals surface area (Å²) >= 11 is 0. The van der Waals surface area contributed by atoms with Gasteiger partial charge in [0.1, 0.15) is 5.83 Å². The Hall–Kier alpha value is -2.93. The maximum absolute atomic E-state index is 13.3. The average molecular weight is 415 g/mol. The number of pyridine rings is 1. The summed E-state index contributed by atoms with van der Waals surface area (Å²) in [6, 6.07) is 9.04. The Morgan fingerprint density at radius 2 is 1.90 bits per heavy atom. The number of aromatic nitrogens is 2. The van der Waals surface area contributed by atoms with Crippen LogP contribution in [0.3, 0.4) is 0 Å². The number of fused-ring (bicyclic) bond motifs is 1. The van der Waals surface area contributed by atoms with E-state index in [1.165, 1.54) is 18.2 Å². The Labute approximate surface area is 171 Å². The Morgan fingerprint density at radius 3 is 2.53 bits per heavy atom. The zero-order chi connectivity index (χ0) is 21.5. The van der Waals surface area contributed by atoms with E-state index in [4.69, 9.17) is 0 Å². The minimum atomic E-state index is -4.36. The third-order valence-corrected chi connectivity index (χ3v) is 5.71. The van der Waals surface area contributed by atoms with Crippen molar-refractivity contribution in [1.29, 1.82) is 0 Å². The minimum absolute atomic E-state index is 0.220. The van der Waals surface area contributed by atoms with Crippen molar-refractivity contribution in [3.8, 4) is 11.1 Å². The van der Waals surface area contributed by atoms with Crippen LogP contribution in [-0.2, 0) is 12.7 Å². The summed E-state index contributed by atoms with van der Waals surface area (Å²) in [5.41, 5.74) is 2.31. The predicted octanol–water partition coefficient (Wildman–Crippen LogP) is 6.02. The van der Waals surface area contributed by atoms with Gasteiger partial charge in [-0.25, -0.2) is 8.91 Å². The highest BCUT2D eigenvalue weighted by Crippen LogP contribution is 2.33. The summed E-state index contributed by atoms with van der Waals surface area (Å²) in [7, 11) is 1.98. The number of alkyl halides is 3. The van der Waals surface area contributed by atoms with E-state index in [1.54, 1.807) is 16.8 Å². The lowest BCUT2D eigenvalue weighted by Gasteiger charge is -2.37. The molecule has 0 saturated heterocycles. The first-order chi connectivity index (χ1) is 14.2. The number of hydrogen-bond donors (Lipinski definition) is 0. The van der Waals surface area contributed by atoms with Crippen LogP contribution in [0.5, 0.6) is 0 Å². The van der Waals surface area contributed by atoms with Gasteiger partial charge < -0.3 is 0 Å². The van der Waals surface area contributed by atoms with Crippen LogP contribution in [0, 0.1) is 0 Å². The third kappa shape index (κ3) is 3.89. The van der Waals surface area contributed by atoms with Crippen molar-refractivity contribution < 1.29 is 17.6 Å². The molecule has 1 unspecified atom stereocenters. The second-order valence-electron chi connectivity index (χ2n) is 7.84. The molecule has 0 saturated carbocycles. The van der Waals surface area contributed by atoms with E-state index in [0.29, 0.717) is 18.5 Å². The molecular formula is C23H21F4N3. The second-order valence-corrected chi connectivity index (χ2v) is 7.84. The van der Waals surface area contributed by atoms with Gasteiger partial charge in [-0.05, 0) is 67.9 Å². The molecule has 2 heterocycles. The van der Waals surface area contributed by atoms with Crippen LogP contribution in [-0.4, -0.2) is 27.1 Å². The quantitative estimate of drug-likeness (QED) is 0.486. The van der Waals surface area contributed by atoms with Crippen LogP contribution in [0.2, 0.25) is 0 Å². The molecule has 0 amide bonds. The van der Waals surface area contributed by atoms with Gasteiger partial charge in [0, 0.05) is 23.8 Å². The molecule has 156 valence electrons. The SMILES string of the molecule is CN(Cc1ccn2ncc(-c3ccc(C(F)(F)F)cc3)c2c1)C1(C)C=CC(F)=CC1. The number of nitrogens with zero attached hydrogens (tertiary/aromatic N) is 3. The van der Waals surface area contributed by atoms with E-state index in [2.05, 4.69) is 16.9 Å². The van der Waals surface area contributed by atoms with Gasteiger partial charge in [0.05, 0.1) is 17.3 Å². The van der Waals surface area contributed by atoms with E-state index >= 15 is 0 Å². The highest BCUT2D eigenvalue weighted by Gasteiger charge is 2.30. The first-order valence-electron chi connectivity index (χ1n) is 9.56. The zero-order valence-corrected chi connectivity index (χ0v) is 16.6. The number of hydrogen-bond acceptors (Lipinski definition) is 2. The van der Waals surface area contributed by atoms with Crippen molar-refractivity contribution >= 4 is 5.52 Å². The molecule has 3 nitrogen and oxygen atoms in total. The molecule has 4 rings (SSSR count). The third-order valence-electron chi connectivity index (χ3n) is 5.71. The molecule has 1 aromatic carbocycles. The van der Waals surface area contributed by atoms with Gasteiger partial charge >= 0.3 is 6.18 Å². The topological polar surface area (TPSA) is 20.5 Å². The van der Waals surface area contributed by atoms with Gasteiger partial charge in [0.15, 0.2) is 0 Å². The maximum atomic E-state index is 13.3. The van der Waals surface area contributed by atoms with Crippen LogP contribution in [0.15, 0.2) is 72.8 Å². The lowest BCUT2D eigenvalue weighted by atomic mass is 9.91. The van der Waals surface area contributed by atoms with E-state index < -0.39 is 11.7 Å². The lowest BCUT2D eigenvalue weighted by molar-refractivity contribution is -0.137. The van der Waals surface area contributed by atoms with Gasteiger partial charge in [-0.1, -0.05) is 18.2 Å². The van der Waals surface area contributed by atoms with Crippen molar-refractivity contribution in [2.24, 2.45) is 0 Å². The average Bonchev–Trinajstić information content (AvgIpc) is 3.13. The van der Waals surface area contributed by atoms with Gasteiger partial charge in [-0.2, -0.15) is 18.3 Å². The van der Waals surface area contributed by atoms with Crippen molar-refractivity contribution in [2.75, 3.05) is 7.05 Å². The fourth-order valence-corrected chi connectivity index (χ4v) is 3.62. The van der Waals surface area contributed by atoms with Gasteiger partial charge in [-0.3, -0.25) is 4.90 Å². The van der Waals surface area contributed by atoms with Crippen molar-refractivity contribution in [2.45, 2.75) is 31.6 Å². The number of allylic oxidation sites excluding steroid dienone is 2. The van der Waals surface area contributed by atoms with Gasteiger partial charge in [0.2, 0.25) is 0 Å². The Bertz CT molecular complexity index is 1130.